The summed E-state index contributed by atoms with van der Waals surface area (Å²) in [5.41, 5.74) is -0.744. The van der Waals surface area contributed by atoms with E-state index in [2.05, 4.69) is 36.8 Å². The lowest BCUT2D eigenvalue weighted by Crippen LogP contribution is -2.17. The fraction of sp³-hybridized carbons (Fsp3) is 0.167. The van der Waals surface area contributed by atoms with Crippen LogP contribution in [0.25, 0.3) is 0 Å². The largest absolute Gasteiger partial charge is 0.267 e. The highest BCUT2D eigenvalue weighted by Crippen LogP contribution is 2.35. The number of primary sulfonamides is 1. The van der Waals surface area contributed by atoms with Crippen molar-refractivity contribution in [1.82, 2.24) is 4.98 Å². The second-order valence-corrected chi connectivity index (χ2v) is 5.61. The summed E-state index contributed by atoms with van der Waals surface area (Å²) >= 11 is 5.77. The molecule has 0 saturated heterocycles. The maximum absolute atomic E-state index is 12.6. The normalized spacial score (nSPS) is 12.1. The summed E-state index contributed by atoms with van der Waals surface area (Å²) in [5.74, 6) is 0. The molecule has 0 saturated carbocycles. The molecule has 0 bridgehead atoms. The number of halogens is 4. The van der Waals surface area contributed by atoms with Crippen LogP contribution in [0.15, 0.2) is 20.2 Å². The van der Waals surface area contributed by atoms with Crippen molar-refractivity contribution in [2.24, 2.45) is 5.14 Å². The number of aromatic nitrogens is 1. The smallest absolute Gasteiger partial charge is 0.242 e. The average molecular weight is 366 g/mol. The minimum absolute atomic E-state index is 0.0727. The van der Waals surface area contributed by atoms with Gasteiger partial charge >= 0.3 is 0 Å². The number of nitrogens with two attached hydrogens (primary N) is 1. The van der Waals surface area contributed by atoms with E-state index < -0.39 is 27.0 Å². The molecule has 0 spiro atoms. The molecular formula is C6H4Br2F2N2O2S. The number of alkyl halides is 2. The van der Waals surface area contributed by atoms with Gasteiger partial charge in [-0.25, -0.2) is 27.3 Å². The zero-order valence-corrected chi connectivity index (χ0v) is 10.9. The maximum atomic E-state index is 12.6. The van der Waals surface area contributed by atoms with Crippen molar-refractivity contribution >= 4 is 41.9 Å². The monoisotopic (exact) mass is 364 g/mol. The summed E-state index contributed by atoms with van der Waals surface area (Å²) < 4.78 is 47.3. The van der Waals surface area contributed by atoms with E-state index in [1.165, 1.54) is 0 Å². The standard InChI is InChI=1S/C6H4Br2F2N2O2S/c7-2-1-12-6(15(11,13)14)3(4(2)8)5(9)10/h1,5H,(H2,11,13,14). The van der Waals surface area contributed by atoms with Gasteiger partial charge < -0.3 is 0 Å². The summed E-state index contributed by atoms with van der Waals surface area (Å²) in [5, 5.41) is 3.93. The molecule has 0 aliphatic rings. The number of hydrogen-bond acceptors (Lipinski definition) is 3. The fourth-order valence-electron chi connectivity index (χ4n) is 0.880. The highest BCUT2D eigenvalue weighted by atomic mass is 79.9. The van der Waals surface area contributed by atoms with Crippen molar-refractivity contribution in [3.05, 3.63) is 20.7 Å². The van der Waals surface area contributed by atoms with Crippen LogP contribution in [0, 0.1) is 0 Å². The predicted molar refractivity (Wildman–Crippen MR) is 56.0 cm³/mol. The Morgan fingerprint density at radius 1 is 1.40 bits per heavy atom. The second-order valence-electron chi connectivity index (χ2n) is 2.48. The van der Waals surface area contributed by atoms with E-state index in [4.69, 9.17) is 5.14 Å². The minimum Gasteiger partial charge on any atom is -0.242 e. The van der Waals surface area contributed by atoms with Gasteiger partial charge in [-0.05, 0) is 31.9 Å². The maximum Gasteiger partial charge on any atom is 0.267 e. The third kappa shape index (κ3) is 2.71. The Balaban J connectivity index is 3.62. The summed E-state index contributed by atoms with van der Waals surface area (Å²) in [6, 6.07) is 0. The molecule has 0 aliphatic carbocycles. The molecule has 0 unspecified atom stereocenters. The SMILES string of the molecule is NS(=O)(=O)c1ncc(Br)c(Br)c1C(F)F. The Morgan fingerprint density at radius 2 is 1.93 bits per heavy atom. The lowest BCUT2D eigenvalue weighted by atomic mass is 10.3. The summed E-state index contributed by atoms with van der Waals surface area (Å²) in [7, 11) is -4.26. The molecule has 9 heteroatoms. The van der Waals surface area contributed by atoms with Crippen molar-refractivity contribution in [3.63, 3.8) is 0 Å². The fourth-order valence-corrected chi connectivity index (χ4v) is 2.49. The van der Waals surface area contributed by atoms with Gasteiger partial charge in [-0.2, -0.15) is 0 Å². The van der Waals surface area contributed by atoms with Crippen molar-refractivity contribution in [3.8, 4) is 0 Å². The molecule has 0 radical (unpaired) electrons. The van der Waals surface area contributed by atoms with Crippen molar-refractivity contribution in [1.29, 1.82) is 0 Å². The van der Waals surface area contributed by atoms with Crippen LogP contribution in [0.4, 0.5) is 8.78 Å². The number of hydrogen-bond donors (Lipinski definition) is 1. The first kappa shape index (κ1) is 12.9. The Bertz CT molecular complexity index is 492. The van der Waals surface area contributed by atoms with Gasteiger partial charge in [-0.3, -0.25) is 0 Å². The first-order valence-corrected chi connectivity index (χ1v) is 6.53. The quantitative estimate of drug-likeness (QED) is 0.873. The number of sulfonamides is 1. The number of nitrogens with zero attached hydrogens (tertiary/aromatic N) is 1. The van der Waals surface area contributed by atoms with Gasteiger partial charge in [0.1, 0.15) is 0 Å². The Hall–Kier alpha value is -0.120. The van der Waals surface area contributed by atoms with Crippen LogP contribution < -0.4 is 5.14 Å². The third-order valence-electron chi connectivity index (χ3n) is 1.46. The van der Waals surface area contributed by atoms with Crippen LogP contribution in [0.1, 0.15) is 12.0 Å². The number of pyridine rings is 1. The summed E-state index contributed by atoms with van der Waals surface area (Å²) in [6.45, 7) is 0. The molecule has 1 heterocycles. The van der Waals surface area contributed by atoms with Crippen LogP contribution in [0.3, 0.4) is 0 Å². The van der Waals surface area contributed by atoms with E-state index in [0.717, 1.165) is 6.20 Å². The minimum atomic E-state index is -4.26. The number of rotatable bonds is 2. The molecular weight excluding hydrogens is 362 g/mol. The second kappa shape index (κ2) is 4.40. The lowest BCUT2D eigenvalue weighted by molar-refractivity contribution is 0.146. The lowest BCUT2D eigenvalue weighted by Gasteiger charge is -2.09. The molecule has 1 aromatic rings. The van der Waals surface area contributed by atoms with Gasteiger partial charge in [0.15, 0.2) is 5.03 Å². The molecule has 2 N–H and O–H groups in total. The predicted octanol–water partition coefficient (Wildman–Crippen LogP) is 2.19. The summed E-state index contributed by atoms with van der Waals surface area (Å²) in [6.07, 6.45) is -1.91. The van der Waals surface area contributed by atoms with E-state index in [9.17, 15) is 17.2 Å². The van der Waals surface area contributed by atoms with Gasteiger partial charge in [0.05, 0.1) is 10.0 Å². The van der Waals surface area contributed by atoms with E-state index in [1.807, 2.05) is 0 Å². The molecule has 4 nitrogen and oxygen atoms in total. The first-order valence-electron chi connectivity index (χ1n) is 3.40. The molecule has 1 rings (SSSR count). The van der Waals surface area contributed by atoms with Crippen molar-refractivity contribution in [2.45, 2.75) is 11.5 Å². The van der Waals surface area contributed by atoms with Gasteiger partial charge in [0, 0.05) is 10.7 Å². The van der Waals surface area contributed by atoms with E-state index in [-0.39, 0.29) is 8.95 Å². The molecule has 0 amide bonds. The van der Waals surface area contributed by atoms with Gasteiger partial charge in [0.25, 0.3) is 16.4 Å². The zero-order valence-electron chi connectivity index (χ0n) is 6.92. The topological polar surface area (TPSA) is 73.1 Å². The summed E-state index contributed by atoms with van der Waals surface area (Å²) in [4.78, 5) is 3.36. The molecule has 0 fully saturated rings. The first-order chi connectivity index (χ1) is 6.75. The molecule has 0 atom stereocenters. The van der Waals surface area contributed by atoms with Crippen molar-refractivity contribution in [2.75, 3.05) is 0 Å². The van der Waals surface area contributed by atoms with Gasteiger partial charge in [0.2, 0.25) is 0 Å². The molecule has 84 valence electrons. The Kier molecular flexibility index (Phi) is 3.80. The molecule has 15 heavy (non-hydrogen) atoms. The van der Waals surface area contributed by atoms with Crippen LogP contribution in [0.5, 0.6) is 0 Å². The molecule has 0 aliphatic heterocycles. The zero-order chi connectivity index (χ0) is 11.8. The Labute approximate surface area is 101 Å². The van der Waals surface area contributed by atoms with Crippen LogP contribution in [0.2, 0.25) is 0 Å². The molecule has 1 aromatic heterocycles. The average Bonchev–Trinajstić information content (AvgIpc) is 2.06. The van der Waals surface area contributed by atoms with Crippen LogP contribution >= 0.6 is 31.9 Å². The van der Waals surface area contributed by atoms with Crippen LogP contribution in [-0.4, -0.2) is 13.4 Å². The third-order valence-corrected chi connectivity index (χ3v) is 4.31. The van der Waals surface area contributed by atoms with Crippen LogP contribution in [-0.2, 0) is 10.0 Å². The highest BCUT2D eigenvalue weighted by Gasteiger charge is 2.26. The Morgan fingerprint density at radius 3 is 2.33 bits per heavy atom. The van der Waals surface area contributed by atoms with E-state index in [0.29, 0.717) is 0 Å². The van der Waals surface area contributed by atoms with Gasteiger partial charge in [-0.1, -0.05) is 0 Å². The van der Waals surface area contributed by atoms with Crippen molar-refractivity contribution < 1.29 is 17.2 Å². The molecule has 0 aromatic carbocycles. The van der Waals surface area contributed by atoms with E-state index in [1.54, 1.807) is 0 Å². The van der Waals surface area contributed by atoms with Gasteiger partial charge in [-0.15, -0.1) is 0 Å². The van der Waals surface area contributed by atoms with E-state index >= 15 is 0 Å². The highest BCUT2D eigenvalue weighted by molar-refractivity contribution is 9.13.